The van der Waals surface area contributed by atoms with E-state index in [1.165, 1.54) is 6.26 Å². The van der Waals surface area contributed by atoms with Crippen LogP contribution in [0.5, 0.6) is 0 Å². The van der Waals surface area contributed by atoms with Crippen LogP contribution in [0.3, 0.4) is 0 Å². The van der Waals surface area contributed by atoms with Gasteiger partial charge in [-0.2, -0.15) is 4.31 Å². The minimum Gasteiger partial charge on any atom is -0.464 e. The summed E-state index contributed by atoms with van der Waals surface area (Å²) in [5.41, 5.74) is 4.63. The zero-order valence-electron chi connectivity index (χ0n) is 4.70. The van der Waals surface area contributed by atoms with E-state index in [9.17, 15) is 9.59 Å². The van der Waals surface area contributed by atoms with Gasteiger partial charge in [-0.15, -0.1) is 0 Å². The lowest BCUT2D eigenvalue weighted by Crippen LogP contribution is -2.33. The van der Waals surface area contributed by atoms with Crippen molar-refractivity contribution in [1.82, 2.24) is 4.31 Å². The van der Waals surface area contributed by atoms with Crippen LogP contribution < -0.4 is 5.73 Å². The second-order valence-electron chi connectivity index (χ2n) is 1.10. The van der Waals surface area contributed by atoms with Crippen molar-refractivity contribution in [1.29, 1.82) is 0 Å². The molecule has 6 heteroatoms. The predicted octanol–water partition coefficient (Wildman–Crippen LogP) is 0.323. The SMILES string of the molecule is CSN(C(N)=O)C(=O)O. The van der Waals surface area contributed by atoms with Gasteiger partial charge in [0, 0.05) is 6.26 Å². The number of primary amides is 1. The molecular weight excluding hydrogens is 144 g/mol. The lowest BCUT2D eigenvalue weighted by Gasteiger charge is -2.07. The third-order valence-corrected chi connectivity index (χ3v) is 1.26. The van der Waals surface area contributed by atoms with Gasteiger partial charge in [0.1, 0.15) is 0 Å². The molecule has 0 unspecified atom stereocenters. The third-order valence-electron chi connectivity index (χ3n) is 0.556. The van der Waals surface area contributed by atoms with E-state index in [2.05, 4.69) is 5.73 Å². The number of hydrogen-bond acceptors (Lipinski definition) is 3. The average Bonchev–Trinajstić information content (AvgIpc) is 1.64. The van der Waals surface area contributed by atoms with Crippen molar-refractivity contribution < 1.29 is 14.7 Å². The van der Waals surface area contributed by atoms with E-state index < -0.39 is 12.1 Å². The number of imide groups is 1. The normalized spacial score (nSPS) is 8.56. The highest BCUT2D eigenvalue weighted by Gasteiger charge is 2.15. The zero-order chi connectivity index (χ0) is 7.44. The van der Waals surface area contributed by atoms with Crippen LogP contribution in [0.2, 0.25) is 0 Å². The Kier molecular flexibility index (Phi) is 2.86. The van der Waals surface area contributed by atoms with E-state index in [0.29, 0.717) is 4.31 Å². The largest absolute Gasteiger partial charge is 0.464 e. The van der Waals surface area contributed by atoms with Crippen molar-refractivity contribution in [2.24, 2.45) is 5.73 Å². The highest BCUT2D eigenvalue weighted by molar-refractivity contribution is 7.97. The minimum atomic E-state index is -1.35. The summed E-state index contributed by atoms with van der Waals surface area (Å²) in [7, 11) is 0. The van der Waals surface area contributed by atoms with Gasteiger partial charge >= 0.3 is 12.1 Å². The summed E-state index contributed by atoms with van der Waals surface area (Å²) in [4.78, 5) is 20.1. The van der Waals surface area contributed by atoms with Crippen LogP contribution in [0.25, 0.3) is 0 Å². The van der Waals surface area contributed by atoms with Gasteiger partial charge in [-0.3, -0.25) is 0 Å². The fourth-order valence-corrected chi connectivity index (χ4v) is 0.598. The van der Waals surface area contributed by atoms with Crippen molar-refractivity contribution in [3.05, 3.63) is 0 Å². The van der Waals surface area contributed by atoms with Crippen molar-refractivity contribution in [2.75, 3.05) is 6.26 Å². The molecule has 3 amide bonds. The maximum atomic E-state index is 10.1. The van der Waals surface area contributed by atoms with Gasteiger partial charge in [-0.25, -0.2) is 9.59 Å². The molecule has 0 aliphatic rings. The second kappa shape index (κ2) is 3.18. The van der Waals surface area contributed by atoms with Crippen molar-refractivity contribution in [2.45, 2.75) is 0 Å². The number of rotatable bonds is 1. The van der Waals surface area contributed by atoms with Gasteiger partial charge in [-0.1, -0.05) is 0 Å². The molecule has 0 heterocycles. The molecule has 3 N–H and O–H groups in total. The first kappa shape index (κ1) is 8.09. The number of amides is 3. The molecule has 52 valence electrons. The molecule has 0 radical (unpaired) electrons. The summed E-state index contributed by atoms with van der Waals surface area (Å²) in [6.07, 6.45) is 0.0915. The molecule has 9 heavy (non-hydrogen) atoms. The monoisotopic (exact) mass is 150 g/mol. The minimum absolute atomic E-state index is 0.431. The van der Waals surface area contributed by atoms with E-state index in [4.69, 9.17) is 5.11 Å². The van der Waals surface area contributed by atoms with Crippen molar-refractivity contribution in [3.63, 3.8) is 0 Å². The Morgan fingerprint density at radius 2 is 2.11 bits per heavy atom. The number of nitrogens with two attached hydrogens (primary N) is 1. The number of nitrogens with zero attached hydrogens (tertiary/aromatic N) is 1. The second-order valence-corrected chi connectivity index (χ2v) is 1.83. The van der Waals surface area contributed by atoms with E-state index in [-0.39, 0.29) is 0 Å². The Morgan fingerprint density at radius 3 is 2.11 bits per heavy atom. The van der Waals surface area contributed by atoms with E-state index in [1.54, 1.807) is 0 Å². The first-order valence-corrected chi connectivity index (χ1v) is 3.14. The van der Waals surface area contributed by atoms with E-state index in [1.807, 2.05) is 0 Å². The zero-order valence-corrected chi connectivity index (χ0v) is 5.51. The van der Waals surface area contributed by atoms with Crippen LogP contribution in [0, 0.1) is 0 Å². The van der Waals surface area contributed by atoms with Gasteiger partial charge in [0.25, 0.3) is 0 Å². The van der Waals surface area contributed by atoms with Gasteiger partial charge in [0.15, 0.2) is 0 Å². The lowest BCUT2D eigenvalue weighted by atomic mass is 11.0. The number of urea groups is 1. The molecule has 0 saturated heterocycles. The quantitative estimate of drug-likeness (QED) is 0.527. The van der Waals surface area contributed by atoms with Crippen LogP contribution in [-0.2, 0) is 0 Å². The Hall–Kier alpha value is -0.910. The maximum Gasteiger partial charge on any atom is 0.425 e. The molecule has 0 atom stereocenters. The summed E-state index contributed by atoms with van der Waals surface area (Å²) in [5, 5.41) is 8.15. The van der Waals surface area contributed by atoms with Gasteiger partial charge in [0.05, 0.1) is 0 Å². The molecule has 5 nitrogen and oxygen atoms in total. The summed E-state index contributed by atoms with van der Waals surface area (Å²) in [6, 6.07) is -0.977. The predicted molar refractivity (Wildman–Crippen MR) is 33.0 cm³/mol. The average molecular weight is 150 g/mol. The van der Waals surface area contributed by atoms with Gasteiger partial charge in [0.2, 0.25) is 0 Å². The van der Waals surface area contributed by atoms with Crippen LogP contribution in [-0.4, -0.2) is 27.8 Å². The highest BCUT2D eigenvalue weighted by Crippen LogP contribution is 2.02. The highest BCUT2D eigenvalue weighted by atomic mass is 32.2. The summed E-state index contributed by atoms with van der Waals surface area (Å²) in [5.74, 6) is 0. The lowest BCUT2D eigenvalue weighted by molar-refractivity contribution is 0.176. The van der Waals surface area contributed by atoms with Crippen LogP contribution >= 0.6 is 11.9 Å². The molecule has 0 rings (SSSR count). The number of carbonyl (C=O) groups excluding carboxylic acids is 1. The van der Waals surface area contributed by atoms with Crippen molar-refractivity contribution >= 4 is 24.1 Å². The third kappa shape index (κ3) is 2.22. The molecule has 0 bridgehead atoms. The molecular formula is C3H6N2O3S. The summed E-state index contributed by atoms with van der Waals surface area (Å²) < 4.78 is 0.431. The molecule has 0 aliphatic heterocycles. The molecule has 0 aromatic rings. The molecule has 0 fully saturated rings. The Bertz CT molecular complexity index is 123. The molecule has 0 aromatic carbocycles. The summed E-state index contributed by atoms with van der Waals surface area (Å²) in [6.45, 7) is 0. The van der Waals surface area contributed by atoms with Gasteiger partial charge < -0.3 is 10.8 Å². The van der Waals surface area contributed by atoms with Gasteiger partial charge in [-0.05, 0) is 11.9 Å². The van der Waals surface area contributed by atoms with Crippen LogP contribution in [0.1, 0.15) is 0 Å². The van der Waals surface area contributed by atoms with E-state index in [0.717, 1.165) is 11.9 Å². The van der Waals surface area contributed by atoms with Crippen LogP contribution in [0.4, 0.5) is 9.59 Å². The smallest absolute Gasteiger partial charge is 0.425 e. The van der Waals surface area contributed by atoms with E-state index >= 15 is 0 Å². The number of carboxylic acid groups (broad SMARTS) is 1. The molecule has 0 aromatic heterocycles. The Labute approximate surface area is 55.9 Å². The molecule has 0 aliphatic carbocycles. The standard InChI is InChI=1S/C3H6N2O3S/c1-9-5(2(4)6)3(7)8/h1H3,(H2,4,6)(H,7,8). The Balaban J connectivity index is 3.99. The Morgan fingerprint density at radius 1 is 1.67 bits per heavy atom. The van der Waals surface area contributed by atoms with Crippen molar-refractivity contribution in [3.8, 4) is 0 Å². The van der Waals surface area contributed by atoms with Crippen LogP contribution in [0.15, 0.2) is 0 Å². The fraction of sp³-hybridized carbons (Fsp3) is 0.333. The first-order chi connectivity index (χ1) is 4.09. The topological polar surface area (TPSA) is 83.6 Å². The molecule has 0 spiro atoms. The first-order valence-electron chi connectivity index (χ1n) is 1.96. The maximum absolute atomic E-state index is 10.1. The number of carbonyl (C=O) groups is 2. The number of hydrogen-bond donors (Lipinski definition) is 2. The summed E-state index contributed by atoms with van der Waals surface area (Å²) >= 11 is 0.745. The fourth-order valence-electron chi connectivity index (χ4n) is 0.262. The molecule has 0 saturated carbocycles.